The number of nitrogens with one attached hydrogen (secondary N) is 1. The summed E-state index contributed by atoms with van der Waals surface area (Å²) in [5, 5.41) is 3.56. The van der Waals surface area contributed by atoms with Crippen molar-refractivity contribution in [3.05, 3.63) is 54.0 Å². The maximum atomic E-state index is 12.4. The van der Waals surface area contributed by atoms with Gasteiger partial charge in [0.25, 0.3) is 5.91 Å². The normalized spacial score (nSPS) is 18.2. The lowest BCUT2D eigenvalue weighted by atomic mass is 10.0. The maximum absolute atomic E-state index is 12.4. The first kappa shape index (κ1) is 15.7. The molecule has 0 spiro atoms. The lowest BCUT2D eigenvalue weighted by Crippen LogP contribution is -2.45. The molecule has 0 radical (unpaired) electrons. The molecule has 1 N–H and O–H groups in total. The number of piperidine rings is 1. The van der Waals surface area contributed by atoms with Crippen LogP contribution in [0.4, 0.5) is 5.69 Å². The minimum absolute atomic E-state index is 0.0559. The summed E-state index contributed by atoms with van der Waals surface area (Å²) in [6.07, 6.45) is 5.17. The second-order valence-corrected chi connectivity index (χ2v) is 6.52. The molecule has 2 heterocycles. The molecule has 23 heavy (non-hydrogen) atoms. The van der Waals surface area contributed by atoms with Gasteiger partial charge in [-0.1, -0.05) is 26.0 Å². The fraction of sp³-hybridized carbons (Fsp3) is 0.421. The van der Waals surface area contributed by atoms with Crippen molar-refractivity contribution in [1.82, 2.24) is 4.90 Å². The third-order valence-corrected chi connectivity index (χ3v) is 4.42. The van der Waals surface area contributed by atoms with Gasteiger partial charge in [-0.05, 0) is 42.5 Å². The Morgan fingerprint density at radius 1 is 1.26 bits per heavy atom. The number of amides is 1. The first-order valence-electron chi connectivity index (χ1n) is 8.31. The smallest absolute Gasteiger partial charge is 0.257 e. The molecule has 0 saturated carbocycles. The molecular weight excluding hydrogens is 288 g/mol. The first-order valence-corrected chi connectivity index (χ1v) is 8.31. The van der Waals surface area contributed by atoms with Crippen LogP contribution < -0.4 is 5.32 Å². The molecule has 1 atom stereocenters. The van der Waals surface area contributed by atoms with E-state index in [1.165, 1.54) is 11.8 Å². The molecule has 1 amide bonds. The Balaban J connectivity index is 1.61. The Kier molecular flexibility index (Phi) is 4.70. The number of rotatable bonds is 4. The van der Waals surface area contributed by atoms with E-state index in [0.29, 0.717) is 17.5 Å². The van der Waals surface area contributed by atoms with Crippen LogP contribution in [0.15, 0.2) is 47.3 Å². The van der Waals surface area contributed by atoms with Gasteiger partial charge in [0.05, 0.1) is 11.8 Å². The molecule has 1 aliphatic rings. The summed E-state index contributed by atoms with van der Waals surface area (Å²) in [6, 6.07) is 10.6. The lowest BCUT2D eigenvalue weighted by Gasteiger charge is -2.33. The number of nitrogens with zero attached hydrogens (tertiary/aromatic N) is 1. The Hall–Kier alpha value is -2.23. The maximum Gasteiger partial charge on any atom is 0.257 e. The van der Waals surface area contributed by atoms with E-state index in [1.807, 2.05) is 4.90 Å². The van der Waals surface area contributed by atoms with Crippen LogP contribution in [0.3, 0.4) is 0 Å². The summed E-state index contributed by atoms with van der Waals surface area (Å²) in [5.74, 6) is 0.599. The van der Waals surface area contributed by atoms with Crippen LogP contribution >= 0.6 is 0 Å². The van der Waals surface area contributed by atoms with Gasteiger partial charge in [0.2, 0.25) is 0 Å². The minimum Gasteiger partial charge on any atom is -0.472 e. The highest BCUT2D eigenvalue weighted by Gasteiger charge is 2.24. The number of furan rings is 1. The molecule has 1 fully saturated rings. The summed E-state index contributed by atoms with van der Waals surface area (Å²) in [7, 11) is 0. The van der Waals surface area contributed by atoms with Crippen LogP contribution in [0.1, 0.15) is 48.5 Å². The third kappa shape index (κ3) is 3.76. The standard InChI is InChI=1S/C19H24N2O2/c1-14(2)15-5-7-17(8-6-15)20-18-4-3-10-21(12-18)19(22)16-9-11-23-13-16/h5-9,11,13-14,18,20H,3-4,10,12H2,1-2H3/t18-/m0/s1. The van der Waals surface area contributed by atoms with E-state index in [-0.39, 0.29) is 5.91 Å². The molecule has 3 rings (SSSR count). The summed E-state index contributed by atoms with van der Waals surface area (Å²) in [5.41, 5.74) is 3.10. The van der Waals surface area contributed by atoms with Gasteiger partial charge in [0.15, 0.2) is 0 Å². The fourth-order valence-electron chi connectivity index (χ4n) is 3.05. The van der Waals surface area contributed by atoms with Crippen LogP contribution in [-0.2, 0) is 0 Å². The van der Waals surface area contributed by atoms with Crippen molar-refractivity contribution in [2.45, 2.75) is 38.6 Å². The Bertz CT molecular complexity index is 632. The minimum atomic E-state index is 0.0559. The van der Waals surface area contributed by atoms with E-state index >= 15 is 0 Å². The van der Waals surface area contributed by atoms with Crippen molar-refractivity contribution in [3.63, 3.8) is 0 Å². The lowest BCUT2D eigenvalue weighted by molar-refractivity contribution is 0.0714. The topological polar surface area (TPSA) is 45.5 Å². The highest BCUT2D eigenvalue weighted by Crippen LogP contribution is 2.21. The van der Waals surface area contributed by atoms with Crippen LogP contribution in [0.2, 0.25) is 0 Å². The van der Waals surface area contributed by atoms with E-state index in [0.717, 1.165) is 31.6 Å². The van der Waals surface area contributed by atoms with Gasteiger partial charge in [-0.2, -0.15) is 0 Å². The predicted octanol–water partition coefficient (Wildman–Crippen LogP) is 4.12. The number of carbonyl (C=O) groups is 1. The molecule has 0 aliphatic carbocycles. The summed E-state index contributed by atoms with van der Waals surface area (Å²) < 4.78 is 5.02. The molecule has 0 unspecified atom stereocenters. The van der Waals surface area contributed by atoms with Crippen molar-refractivity contribution < 1.29 is 9.21 Å². The van der Waals surface area contributed by atoms with Crippen LogP contribution in [0.25, 0.3) is 0 Å². The Morgan fingerprint density at radius 3 is 2.70 bits per heavy atom. The molecule has 1 aliphatic heterocycles. The average molecular weight is 312 g/mol. The zero-order valence-corrected chi connectivity index (χ0v) is 13.8. The number of hydrogen-bond donors (Lipinski definition) is 1. The number of likely N-dealkylation sites (tertiary alicyclic amines) is 1. The highest BCUT2D eigenvalue weighted by atomic mass is 16.3. The van der Waals surface area contributed by atoms with Crippen molar-refractivity contribution in [1.29, 1.82) is 0 Å². The van der Waals surface area contributed by atoms with E-state index in [9.17, 15) is 4.79 Å². The van der Waals surface area contributed by atoms with Crippen LogP contribution in [0, 0.1) is 0 Å². The van der Waals surface area contributed by atoms with Gasteiger partial charge in [-0.3, -0.25) is 4.79 Å². The van der Waals surface area contributed by atoms with Gasteiger partial charge in [-0.25, -0.2) is 0 Å². The van der Waals surface area contributed by atoms with E-state index in [4.69, 9.17) is 4.42 Å². The molecule has 4 nitrogen and oxygen atoms in total. The van der Waals surface area contributed by atoms with E-state index in [1.54, 1.807) is 12.3 Å². The van der Waals surface area contributed by atoms with Crippen molar-refractivity contribution in [2.24, 2.45) is 0 Å². The summed E-state index contributed by atoms with van der Waals surface area (Å²) in [6.45, 7) is 5.94. The molecule has 1 saturated heterocycles. The zero-order valence-electron chi connectivity index (χ0n) is 13.8. The summed E-state index contributed by atoms with van der Waals surface area (Å²) >= 11 is 0. The highest BCUT2D eigenvalue weighted by molar-refractivity contribution is 5.93. The molecule has 1 aromatic carbocycles. The Labute approximate surface area is 137 Å². The average Bonchev–Trinajstić information content (AvgIpc) is 3.09. The third-order valence-electron chi connectivity index (χ3n) is 4.42. The monoisotopic (exact) mass is 312 g/mol. The van der Waals surface area contributed by atoms with Crippen molar-refractivity contribution >= 4 is 11.6 Å². The second kappa shape index (κ2) is 6.90. The molecule has 1 aromatic heterocycles. The largest absolute Gasteiger partial charge is 0.472 e. The molecule has 0 bridgehead atoms. The number of anilines is 1. The van der Waals surface area contributed by atoms with Gasteiger partial charge in [0.1, 0.15) is 6.26 Å². The van der Waals surface area contributed by atoms with Crippen LogP contribution in [-0.4, -0.2) is 29.9 Å². The SMILES string of the molecule is CC(C)c1ccc(N[C@H]2CCCN(C(=O)c3ccoc3)C2)cc1. The molecule has 122 valence electrons. The van der Waals surface area contributed by atoms with Crippen molar-refractivity contribution in [3.8, 4) is 0 Å². The van der Waals surface area contributed by atoms with Gasteiger partial charge in [-0.15, -0.1) is 0 Å². The van der Waals surface area contributed by atoms with Gasteiger partial charge in [0, 0.05) is 24.8 Å². The molecule has 4 heteroatoms. The van der Waals surface area contributed by atoms with Gasteiger partial charge >= 0.3 is 0 Å². The van der Waals surface area contributed by atoms with E-state index in [2.05, 4.69) is 43.4 Å². The van der Waals surface area contributed by atoms with Crippen LogP contribution in [0.5, 0.6) is 0 Å². The van der Waals surface area contributed by atoms with Crippen molar-refractivity contribution in [2.75, 3.05) is 18.4 Å². The first-order chi connectivity index (χ1) is 11.1. The fourth-order valence-corrected chi connectivity index (χ4v) is 3.05. The zero-order chi connectivity index (χ0) is 16.2. The quantitative estimate of drug-likeness (QED) is 0.923. The number of carbonyl (C=O) groups excluding carboxylic acids is 1. The molecular formula is C19H24N2O2. The van der Waals surface area contributed by atoms with E-state index < -0.39 is 0 Å². The predicted molar refractivity (Wildman–Crippen MR) is 91.8 cm³/mol. The number of hydrogen-bond acceptors (Lipinski definition) is 3. The second-order valence-electron chi connectivity index (χ2n) is 6.52. The molecule has 2 aromatic rings. The number of benzene rings is 1. The Morgan fingerprint density at radius 2 is 2.04 bits per heavy atom. The summed E-state index contributed by atoms with van der Waals surface area (Å²) in [4.78, 5) is 14.3. The van der Waals surface area contributed by atoms with Gasteiger partial charge < -0.3 is 14.6 Å².